The van der Waals surface area contributed by atoms with E-state index in [9.17, 15) is 0 Å². The van der Waals surface area contributed by atoms with E-state index in [1.54, 1.807) is 0 Å². The third-order valence-corrected chi connectivity index (χ3v) is 4.87. The SMILES string of the molecule is CCCNCC(C)(CC)CN1CC(C)N(C)C(C)C1. The zero-order valence-electron chi connectivity index (χ0n) is 14.0. The van der Waals surface area contributed by atoms with Gasteiger partial charge in [0.15, 0.2) is 0 Å². The summed E-state index contributed by atoms with van der Waals surface area (Å²) in [4.78, 5) is 5.18. The summed E-state index contributed by atoms with van der Waals surface area (Å²) in [5.74, 6) is 0. The van der Waals surface area contributed by atoms with Crippen LogP contribution < -0.4 is 5.32 Å². The topological polar surface area (TPSA) is 18.5 Å². The average molecular weight is 269 g/mol. The van der Waals surface area contributed by atoms with Gasteiger partial charge in [0.2, 0.25) is 0 Å². The van der Waals surface area contributed by atoms with Crippen LogP contribution in [-0.4, -0.2) is 61.7 Å². The van der Waals surface area contributed by atoms with Crippen molar-refractivity contribution in [3.05, 3.63) is 0 Å². The van der Waals surface area contributed by atoms with Crippen LogP contribution in [0, 0.1) is 5.41 Å². The summed E-state index contributed by atoms with van der Waals surface area (Å²) < 4.78 is 0. The maximum atomic E-state index is 3.61. The third-order valence-electron chi connectivity index (χ3n) is 4.87. The van der Waals surface area contributed by atoms with Crippen LogP contribution in [0.1, 0.15) is 47.5 Å². The average Bonchev–Trinajstić information content (AvgIpc) is 2.36. The van der Waals surface area contributed by atoms with Crippen molar-refractivity contribution in [3.8, 4) is 0 Å². The molecule has 0 spiro atoms. The van der Waals surface area contributed by atoms with Crippen molar-refractivity contribution in [2.24, 2.45) is 5.41 Å². The van der Waals surface area contributed by atoms with Gasteiger partial charge in [-0.2, -0.15) is 0 Å². The molecule has 0 radical (unpaired) electrons. The Morgan fingerprint density at radius 3 is 2.21 bits per heavy atom. The van der Waals surface area contributed by atoms with E-state index in [1.165, 1.54) is 32.5 Å². The molecule has 1 rings (SSSR count). The molecule has 1 fully saturated rings. The highest BCUT2D eigenvalue weighted by molar-refractivity contribution is 4.87. The van der Waals surface area contributed by atoms with Crippen LogP contribution in [0.4, 0.5) is 0 Å². The Morgan fingerprint density at radius 2 is 1.74 bits per heavy atom. The van der Waals surface area contributed by atoms with E-state index in [1.807, 2.05) is 0 Å². The molecule has 3 unspecified atom stereocenters. The lowest BCUT2D eigenvalue weighted by atomic mass is 9.86. The van der Waals surface area contributed by atoms with E-state index in [-0.39, 0.29) is 0 Å². The molecule has 0 bridgehead atoms. The molecule has 3 heteroatoms. The van der Waals surface area contributed by atoms with E-state index in [0.29, 0.717) is 17.5 Å². The Morgan fingerprint density at radius 1 is 1.16 bits per heavy atom. The fourth-order valence-corrected chi connectivity index (χ4v) is 3.04. The summed E-state index contributed by atoms with van der Waals surface area (Å²) in [5.41, 5.74) is 0.407. The second-order valence-electron chi connectivity index (χ2n) is 6.90. The zero-order chi connectivity index (χ0) is 14.5. The molecule has 0 saturated carbocycles. The first kappa shape index (κ1) is 16.9. The van der Waals surface area contributed by atoms with Gasteiger partial charge in [0.25, 0.3) is 0 Å². The normalized spacial score (nSPS) is 29.4. The summed E-state index contributed by atoms with van der Waals surface area (Å²) in [7, 11) is 2.26. The highest BCUT2D eigenvalue weighted by Crippen LogP contribution is 2.24. The van der Waals surface area contributed by atoms with Crippen molar-refractivity contribution in [1.29, 1.82) is 0 Å². The van der Waals surface area contributed by atoms with Crippen LogP contribution in [0.25, 0.3) is 0 Å². The second-order valence-corrected chi connectivity index (χ2v) is 6.90. The number of piperazine rings is 1. The molecular formula is C16H35N3. The van der Waals surface area contributed by atoms with Crippen molar-refractivity contribution < 1.29 is 0 Å². The second kappa shape index (κ2) is 7.61. The van der Waals surface area contributed by atoms with Crippen LogP contribution >= 0.6 is 0 Å². The van der Waals surface area contributed by atoms with Crippen LogP contribution in [0.2, 0.25) is 0 Å². The maximum absolute atomic E-state index is 3.61. The molecule has 0 aromatic carbocycles. The number of hydrogen-bond donors (Lipinski definition) is 1. The van der Waals surface area contributed by atoms with E-state index in [2.05, 4.69) is 56.8 Å². The molecule has 3 nitrogen and oxygen atoms in total. The Labute approximate surface area is 120 Å². The lowest BCUT2D eigenvalue weighted by Crippen LogP contribution is -2.57. The van der Waals surface area contributed by atoms with E-state index >= 15 is 0 Å². The van der Waals surface area contributed by atoms with E-state index in [0.717, 1.165) is 13.1 Å². The largest absolute Gasteiger partial charge is 0.316 e. The molecule has 19 heavy (non-hydrogen) atoms. The van der Waals surface area contributed by atoms with E-state index < -0.39 is 0 Å². The molecule has 0 aromatic heterocycles. The molecule has 0 amide bonds. The van der Waals surface area contributed by atoms with Crippen molar-refractivity contribution in [2.75, 3.05) is 39.8 Å². The van der Waals surface area contributed by atoms with E-state index in [4.69, 9.17) is 0 Å². The molecule has 1 saturated heterocycles. The van der Waals surface area contributed by atoms with Crippen LogP contribution in [-0.2, 0) is 0 Å². The standard InChI is InChI=1S/C16H35N3/c1-7-9-17-12-16(5,8-2)13-19-10-14(3)18(6)15(4)11-19/h14-15,17H,7-13H2,1-6H3. The zero-order valence-corrected chi connectivity index (χ0v) is 14.0. The first-order valence-electron chi connectivity index (χ1n) is 8.07. The number of nitrogens with one attached hydrogen (secondary N) is 1. The van der Waals surface area contributed by atoms with Crippen molar-refractivity contribution in [1.82, 2.24) is 15.1 Å². The minimum absolute atomic E-state index is 0.407. The Hall–Kier alpha value is -0.120. The predicted molar refractivity (Wildman–Crippen MR) is 84.7 cm³/mol. The molecule has 1 aliphatic rings. The van der Waals surface area contributed by atoms with Gasteiger partial charge in [0.05, 0.1) is 0 Å². The Bertz CT molecular complexity index is 244. The minimum Gasteiger partial charge on any atom is -0.316 e. The smallest absolute Gasteiger partial charge is 0.0195 e. The Kier molecular flexibility index (Phi) is 6.78. The number of rotatable bonds is 7. The number of likely N-dealkylation sites (N-methyl/N-ethyl adjacent to an activating group) is 1. The lowest BCUT2D eigenvalue weighted by molar-refractivity contribution is 0.0338. The third kappa shape index (κ3) is 5.05. The molecule has 0 aromatic rings. The first-order chi connectivity index (χ1) is 8.91. The van der Waals surface area contributed by atoms with Gasteiger partial charge in [0.1, 0.15) is 0 Å². The molecule has 1 N–H and O–H groups in total. The van der Waals surface area contributed by atoms with Crippen molar-refractivity contribution >= 4 is 0 Å². The fraction of sp³-hybridized carbons (Fsp3) is 1.00. The van der Waals surface area contributed by atoms with Gasteiger partial charge in [-0.3, -0.25) is 9.80 Å². The van der Waals surface area contributed by atoms with Gasteiger partial charge in [-0.15, -0.1) is 0 Å². The predicted octanol–water partition coefficient (Wildman–Crippen LogP) is 2.43. The van der Waals surface area contributed by atoms with Gasteiger partial charge < -0.3 is 5.32 Å². The first-order valence-corrected chi connectivity index (χ1v) is 8.07. The summed E-state index contributed by atoms with van der Waals surface area (Å²) >= 11 is 0. The quantitative estimate of drug-likeness (QED) is 0.716. The van der Waals surface area contributed by atoms with Crippen molar-refractivity contribution in [3.63, 3.8) is 0 Å². The number of nitrogens with zero attached hydrogens (tertiary/aromatic N) is 2. The minimum atomic E-state index is 0.407. The summed E-state index contributed by atoms with van der Waals surface area (Å²) in [6, 6.07) is 1.35. The summed E-state index contributed by atoms with van der Waals surface area (Å²) in [5, 5.41) is 3.61. The van der Waals surface area contributed by atoms with Gasteiger partial charge in [-0.05, 0) is 45.7 Å². The molecule has 1 heterocycles. The highest BCUT2D eigenvalue weighted by atomic mass is 15.3. The van der Waals surface area contributed by atoms with Crippen LogP contribution in [0.5, 0.6) is 0 Å². The lowest BCUT2D eigenvalue weighted by Gasteiger charge is -2.45. The monoisotopic (exact) mass is 269 g/mol. The molecule has 3 atom stereocenters. The van der Waals surface area contributed by atoms with Gasteiger partial charge >= 0.3 is 0 Å². The number of hydrogen-bond acceptors (Lipinski definition) is 3. The van der Waals surface area contributed by atoms with Gasteiger partial charge in [-0.1, -0.05) is 20.8 Å². The molecule has 114 valence electrons. The van der Waals surface area contributed by atoms with Crippen LogP contribution in [0.15, 0.2) is 0 Å². The van der Waals surface area contributed by atoms with Gasteiger partial charge in [0, 0.05) is 38.3 Å². The maximum Gasteiger partial charge on any atom is 0.0195 e. The molecular weight excluding hydrogens is 234 g/mol. The van der Waals surface area contributed by atoms with Crippen LogP contribution in [0.3, 0.4) is 0 Å². The fourth-order valence-electron chi connectivity index (χ4n) is 3.04. The highest BCUT2D eigenvalue weighted by Gasteiger charge is 2.31. The molecule has 1 aliphatic heterocycles. The van der Waals surface area contributed by atoms with Gasteiger partial charge in [-0.25, -0.2) is 0 Å². The summed E-state index contributed by atoms with van der Waals surface area (Å²) in [6.07, 6.45) is 2.47. The van der Waals surface area contributed by atoms with Crippen molar-refractivity contribution in [2.45, 2.75) is 59.5 Å². The Balaban J connectivity index is 2.50. The molecule has 0 aliphatic carbocycles. The summed E-state index contributed by atoms with van der Waals surface area (Å²) in [6.45, 7) is 17.6.